The first-order chi connectivity index (χ1) is 16.4. The summed E-state index contributed by atoms with van der Waals surface area (Å²) in [4.78, 5) is 15.7. The highest BCUT2D eigenvalue weighted by molar-refractivity contribution is 9.10. The average molecular weight is 591 g/mol. The third-order valence-corrected chi connectivity index (χ3v) is 6.86. The van der Waals surface area contributed by atoms with E-state index in [4.69, 9.17) is 9.47 Å². The minimum atomic E-state index is 0.0667. The molecule has 2 aromatic rings. The number of para-hydroxylation sites is 2. The molecule has 4 nitrogen and oxygen atoms in total. The molecule has 0 saturated carbocycles. The Morgan fingerprint density at radius 3 is 1.68 bits per heavy atom. The minimum Gasteiger partial charge on any atom is -0.492 e. The smallest absolute Gasteiger partial charge is 0.187 e. The van der Waals surface area contributed by atoms with Crippen LogP contribution in [0.3, 0.4) is 0 Å². The number of likely N-dealkylation sites (tertiary alicyclic amines) is 1. The normalized spacial score (nSPS) is 16.9. The third-order valence-electron chi connectivity index (χ3n) is 5.61. The van der Waals surface area contributed by atoms with E-state index in [0.29, 0.717) is 26.3 Å². The Morgan fingerprint density at radius 2 is 1.26 bits per heavy atom. The number of benzene rings is 2. The molecule has 0 bridgehead atoms. The van der Waals surface area contributed by atoms with Gasteiger partial charge in [0.2, 0.25) is 0 Å². The molecule has 3 rings (SSSR count). The first-order valence-electron chi connectivity index (χ1n) is 11.9. The average Bonchev–Trinajstić information content (AvgIpc) is 2.80. The fourth-order valence-corrected chi connectivity index (χ4v) is 4.80. The zero-order valence-electron chi connectivity index (χ0n) is 20.2. The topological polar surface area (TPSA) is 38.8 Å². The van der Waals surface area contributed by atoms with Gasteiger partial charge in [-0.25, -0.2) is 0 Å². The molecule has 2 aromatic carbocycles. The molecule has 0 unspecified atom stereocenters. The SMILES string of the molecule is CCCCOc1c(Br)cccc1/C=C1\CN(C)C/C(=C\c2cccc(Br)c2OCCCC)C1=O. The third kappa shape index (κ3) is 7.06. The van der Waals surface area contributed by atoms with Crippen molar-refractivity contribution < 1.29 is 14.3 Å². The van der Waals surface area contributed by atoms with Crippen LogP contribution < -0.4 is 9.47 Å². The number of carbonyl (C=O) groups is 1. The van der Waals surface area contributed by atoms with Crippen molar-refractivity contribution >= 4 is 49.8 Å². The van der Waals surface area contributed by atoms with Crippen LogP contribution in [0.4, 0.5) is 0 Å². The predicted molar refractivity (Wildman–Crippen MR) is 148 cm³/mol. The van der Waals surface area contributed by atoms with Crippen LogP contribution >= 0.6 is 31.9 Å². The Bertz CT molecular complexity index is 980. The van der Waals surface area contributed by atoms with Gasteiger partial charge in [0.15, 0.2) is 5.78 Å². The lowest BCUT2D eigenvalue weighted by Crippen LogP contribution is -2.34. The van der Waals surface area contributed by atoms with Gasteiger partial charge in [-0.05, 0) is 76.0 Å². The molecular formula is C28H33Br2NO3. The lowest BCUT2D eigenvalue weighted by Gasteiger charge is -2.26. The number of carbonyl (C=O) groups excluding carboxylic acids is 1. The summed E-state index contributed by atoms with van der Waals surface area (Å²) in [5.74, 6) is 1.64. The summed E-state index contributed by atoms with van der Waals surface area (Å²) in [5.41, 5.74) is 3.33. The molecule has 34 heavy (non-hydrogen) atoms. The molecule has 0 radical (unpaired) electrons. The Hall–Kier alpha value is -1.89. The number of hydrogen-bond donors (Lipinski definition) is 0. The number of likely N-dealkylation sites (N-methyl/N-ethyl adjacent to an activating group) is 1. The van der Waals surface area contributed by atoms with Gasteiger partial charge in [-0.3, -0.25) is 9.69 Å². The number of unbranched alkanes of at least 4 members (excludes halogenated alkanes) is 2. The molecule has 182 valence electrons. The van der Waals surface area contributed by atoms with Crippen molar-refractivity contribution in [2.45, 2.75) is 39.5 Å². The Kier molecular flexibility index (Phi) is 10.4. The van der Waals surface area contributed by atoms with E-state index >= 15 is 0 Å². The molecule has 1 heterocycles. The fraction of sp³-hybridized carbons (Fsp3) is 0.393. The van der Waals surface area contributed by atoms with Gasteiger partial charge in [-0.1, -0.05) is 51.0 Å². The van der Waals surface area contributed by atoms with E-state index in [-0.39, 0.29) is 5.78 Å². The van der Waals surface area contributed by atoms with E-state index in [1.807, 2.05) is 55.6 Å². The Balaban J connectivity index is 1.93. The van der Waals surface area contributed by atoms with Gasteiger partial charge < -0.3 is 9.47 Å². The maximum atomic E-state index is 13.5. The number of nitrogens with zero attached hydrogens (tertiary/aromatic N) is 1. The van der Waals surface area contributed by atoms with Crippen molar-refractivity contribution in [1.29, 1.82) is 0 Å². The lowest BCUT2D eigenvalue weighted by molar-refractivity contribution is -0.113. The molecule has 1 aliphatic rings. The zero-order chi connectivity index (χ0) is 24.5. The van der Waals surface area contributed by atoms with Crippen LogP contribution in [0, 0.1) is 0 Å². The van der Waals surface area contributed by atoms with E-state index in [0.717, 1.165) is 68.4 Å². The monoisotopic (exact) mass is 589 g/mol. The minimum absolute atomic E-state index is 0.0667. The van der Waals surface area contributed by atoms with Crippen LogP contribution in [0.5, 0.6) is 11.5 Å². The van der Waals surface area contributed by atoms with Crippen LogP contribution in [-0.4, -0.2) is 44.0 Å². The van der Waals surface area contributed by atoms with E-state index in [1.54, 1.807) is 0 Å². The van der Waals surface area contributed by atoms with Crippen molar-refractivity contribution in [3.05, 3.63) is 67.6 Å². The maximum Gasteiger partial charge on any atom is 0.187 e. The molecule has 1 saturated heterocycles. The van der Waals surface area contributed by atoms with E-state index in [1.165, 1.54) is 0 Å². The number of halogens is 2. The zero-order valence-corrected chi connectivity index (χ0v) is 23.4. The van der Waals surface area contributed by atoms with E-state index < -0.39 is 0 Å². The molecule has 0 spiro atoms. The number of piperidine rings is 1. The van der Waals surface area contributed by atoms with Gasteiger partial charge in [0.25, 0.3) is 0 Å². The van der Waals surface area contributed by atoms with Crippen LogP contribution in [0.15, 0.2) is 56.5 Å². The molecule has 6 heteroatoms. The first-order valence-corrected chi connectivity index (χ1v) is 13.5. The van der Waals surface area contributed by atoms with E-state index in [9.17, 15) is 4.79 Å². The summed E-state index contributed by atoms with van der Waals surface area (Å²) < 4.78 is 13.9. The highest BCUT2D eigenvalue weighted by Crippen LogP contribution is 2.34. The van der Waals surface area contributed by atoms with Crippen molar-refractivity contribution in [2.75, 3.05) is 33.4 Å². The van der Waals surface area contributed by atoms with E-state index in [2.05, 4.69) is 50.6 Å². The number of hydrogen-bond acceptors (Lipinski definition) is 4. The van der Waals surface area contributed by atoms with Gasteiger partial charge >= 0.3 is 0 Å². The van der Waals surface area contributed by atoms with Gasteiger partial charge in [0.05, 0.1) is 22.2 Å². The molecule has 1 aliphatic heterocycles. The largest absolute Gasteiger partial charge is 0.492 e. The first kappa shape index (κ1) is 26.7. The van der Waals surface area contributed by atoms with Crippen molar-refractivity contribution in [3.8, 4) is 11.5 Å². The molecule has 1 fully saturated rings. The van der Waals surface area contributed by atoms with Gasteiger partial charge in [-0.2, -0.15) is 0 Å². The van der Waals surface area contributed by atoms with Crippen LogP contribution in [0.25, 0.3) is 12.2 Å². The second kappa shape index (κ2) is 13.3. The second-order valence-corrected chi connectivity index (χ2v) is 10.3. The summed E-state index contributed by atoms with van der Waals surface area (Å²) in [6.45, 7) is 6.77. The second-order valence-electron chi connectivity index (χ2n) is 8.56. The summed E-state index contributed by atoms with van der Waals surface area (Å²) in [6, 6.07) is 11.9. The van der Waals surface area contributed by atoms with Crippen molar-refractivity contribution in [2.24, 2.45) is 0 Å². The molecule has 0 amide bonds. The fourth-order valence-electron chi connectivity index (χ4n) is 3.81. The molecule has 0 atom stereocenters. The highest BCUT2D eigenvalue weighted by atomic mass is 79.9. The quantitative estimate of drug-likeness (QED) is 0.211. The summed E-state index contributed by atoms with van der Waals surface area (Å²) in [5, 5.41) is 0. The molecule has 0 aliphatic carbocycles. The van der Waals surface area contributed by atoms with Crippen molar-refractivity contribution in [1.82, 2.24) is 4.90 Å². The summed E-state index contributed by atoms with van der Waals surface area (Å²) in [7, 11) is 2.03. The highest BCUT2D eigenvalue weighted by Gasteiger charge is 2.25. The van der Waals surface area contributed by atoms with Crippen molar-refractivity contribution in [3.63, 3.8) is 0 Å². The number of rotatable bonds is 10. The maximum absolute atomic E-state index is 13.5. The Morgan fingerprint density at radius 1 is 0.824 bits per heavy atom. The number of Topliss-reactive ketones (excluding diaryl/α,β-unsaturated/α-hetero) is 1. The standard InChI is InChI=1S/C28H33Br2NO3/c1-4-6-14-33-27-20(10-8-12-24(27)29)16-22-18-31(3)19-23(26(22)32)17-21-11-9-13-25(30)28(21)34-15-7-5-2/h8-13,16-17H,4-7,14-15,18-19H2,1-3H3/b22-16+,23-17+. The van der Waals surface area contributed by atoms with Crippen LogP contribution in [0.1, 0.15) is 50.7 Å². The molecular weight excluding hydrogens is 558 g/mol. The predicted octanol–water partition coefficient (Wildman–Crippen LogP) is 7.55. The summed E-state index contributed by atoms with van der Waals surface area (Å²) in [6.07, 6.45) is 8.05. The van der Waals surface area contributed by atoms with Gasteiger partial charge in [0, 0.05) is 35.4 Å². The summed E-state index contributed by atoms with van der Waals surface area (Å²) >= 11 is 7.22. The van der Waals surface area contributed by atoms with Gasteiger partial charge in [-0.15, -0.1) is 0 Å². The lowest BCUT2D eigenvalue weighted by atomic mass is 9.94. The molecule has 0 aromatic heterocycles. The number of ketones is 1. The van der Waals surface area contributed by atoms with Crippen LogP contribution in [0.2, 0.25) is 0 Å². The van der Waals surface area contributed by atoms with Gasteiger partial charge in [0.1, 0.15) is 11.5 Å². The number of ether oxygens (including phenoxy) is 2. The Labute approximate surface area is 220 Å². The van der Waals surface area contributed by atoms with Crippen LogP contribution in [-0.2, 0) is 4.79 Å². The molecule has 0 N–H and O–H groups in total.